The zero-order valence-electron chi connectivity index (χ0n) is 6.39. The monoisotopic (exact) mass is 208 g/mol. The average molecular weight is 209 g/mol. The van der Waals surface area contributed by atoms with Gasteiger partial charge >= 0.3 is 5.97 Å². The number of hydrogen-bond acceptors (Lipinski definition) is 2. The number of carbonyl (C=O) groups is 1. The summed E-state index contributed by atoms with van der Waals surface area (Å²) < 4.78 is 4.48. The third kappa shape index (κ3) is 6.08. The van der Waals surface area contributed by atoms with Gasteiger partial charge in [0, 0.05) is 11.2 Å². The highest BCUT2D eigenvalue weighted by Crippen LogP contribution is 2.08. The molecule has 60 valence electrons. The Bertz CT molecular complexity index is 102. The first-order valence-electron chi connectivity index (χ1n) is 3.37. The topological polar surface area (TPSA) is 26.3 Å². The van der Waals surface area contributed by atoms with Crippen molar-refractivity contribution in [3.63, 3.8) is 0 Å². The second-order valence-electron chi connectivity index (χ2n) is 2.25. The Morgan fingerprint density at radius 1 is 1.70 bits per heavy atom. The molecule has 2 nitrogen and oxygen atoms in total. The maximum Gasteiger partial charge on any atom is 0.305 e. The van der Waals surface area contributed by atoms with E-state index in [1.54, 1.807) is 0 Å². The van der Waals surface area contributed by atoms with Gasteiger partial charge in [0.15, 0.2) is 0 Å². The maximum atomic E-state index is 10.6. The van der Waals surface area contributed by atoms with Crippen LogP contribution in [0.2, 0.25) is 0 Å². The van der Waals surface area contributed by atoms with E-state index in [9.17, 15) is 4.79 Å². The van der Waals surface area contributed by atoms with Gasteiger partial charge in [0.25, 0.3) is 0 Å². The van der Waals surface area contributed by atoms with E-state index in [1.165, 1.54) is 7.11 Å². The van der Waals surface area contributed by atoms with Crippen LogP contribution in [0.5, 0.6) is 0 Å². The fourth-order valence-corrected chi connectivity index (χ4v) is 0.953. The van der Waals surface area contributed by atoms with E-state index in [0.717, 1.165) is 12.8 Å². The summed E-state index contributed by atoms with van der Waals surface area (Å²) in [5.74, 6) is -0.117. The predicted molar refractivity (Wildman–Crippen MR) is 44.3 cm³/mol. The molecule has 0 aromatic carbocycles. The standard InChI is InChI=1S/C7H13BrO2/c1-6(8)4-3-5-7(9)10-2/h6H,3-5H2,1-2H3. The van der Waals surface area contributed by atoms with Gasteiger partial charge in [-0.1, -0.05) is 22.9 Å². The van der Waals surface area contributed by atoms with E-state index in [0.29, 0.717) is 11.2 Å². The largest absolute Gasteiger partial charge is 0.469 e. The van der Waals surface area contributed by atoms with Crippen LogP contribution in [-0.2, 0) is 9.53 Å². The number of esters is 1. The molecule has 0 aromatic rings. The SMILES string of the molecule is COC(=O)CCCC(C)Br. The number of ether oxygens (including phenoxy) is 1. The Hall–Kier alpha value is -0.0500. The van der Waals surface area contributed by atoms with Crippen LogP contribution in [0.25, 0.3) is 0 Å². The summed E-state index contributed by atoms with van der Waals surface area (Å²) >= 11 is 3.39. The second kappa shape index (κ2) is 5.71. The van der Waals surface area contributed by atoms with Crippen molar-refractivity contribution in [2.75, 3.05) is 7.11 Å². The molecule has 0 spiro atoms. The van der Waals surface area contributed by atoms with Crippen LogP contribution < -0.4 is 0 Å². The quantitative estimate of drug-likeness (QED) is 0.523. The maximum absolute atomic E-state index is 10.6. The zero-order valence-corrected chi connectivity index (χ0v) is 7.98. The summed E-state index contributed by atoms with van der Waals surface area (Å²) in [6.45, 7) is 2.07. The summed E-state index contributed by atoms with van der Waals surface area (Å²) in [6.07, 6.45) is 2.46. The number of carbonyl (C=O) groups excluding carboxylic acids is 1. The molecule has 0 aliphatic carbocycles. The van der Waals surface area contributed by atoms with Crippen molar-refractivity contribution in [1.82, 2.24) is 0 Å². The van der Waals surface area contributed by atoms with Gasteiger partial charge in [0.1, 0.15) is 0 Å². The smallest absolute Gasteiger partial charge is 0.305 e. The van der Waals surface area contributed by atoms with Crippen LogP contribution in [0.15, 0.2) is 0 Å². The summed E-state index contributed by atoms with van der Waals surface area (Å²) in [5.41, 5.74) is 0. The Balaban J connectivity index is 3.12. The summed E-state index contributed by atoms with van der Waals surface area (Å²) in [6, 6.07) is 0. The van der Waals surface area contributed by atoms with Crippen molar-refractivity contribution in [3.05, 3.63) is 0 Å². The average Bonchev–Trinajstić information content (AvgIpc) is 1.87. The minimum Gasteiger partial charge on any atom is -0.469 e. The molecule has 0 aromatic heterocycles. The number of methoxy groups -OCH3 is 1. The van der Waals surface area contributed by atoms with Gasteiger partial charge in [0.2, 0.25) is 0 Å². The van der Waals surface area contributed by atoms with Crippen molar-refractivity contribution in [2.45, 2.75) is 31.0 Å². The van der Waals surface area contributed by atoms with Crippen LogP contribution >= 0.6 is 15.9 Å². The van der Waals surface area contributed by atoms with Gasteiger partial charge in [-0.2, -0.15) is 0 Å². The van der Waals surface area contributed by atoms with Gasteiger partial charge < -0.3 is 4.74 Å². The van der Waals surface area contributed by atoms with E-state index < -0.39 is 0 Å². The highest BCUT2D eigenvalue weighted by atomic mass is 79.9. The molecule has 10 heavy (non-hydrogen) atoms. The van der Waals surface area contributed by atoms with Crippen LogP contribution in [-0.4, -0.2) is 17.9 Å². The first-order valence-corrected chi connectivity index (χ1v) is 4.29. The van der Waals surface area contributed by atoms with Crippen molar-refractivity contribution in [1.29, 1.82) is 0 Å². The van der Waals surface area contributed by atoms with Gasteiger partial charge in [-0.3, -0.25) is 4.79 Å². The van der Waals surface area contributed by atoms with Gasteiger partial charge in [0.05, 0.1) is 7.11 Å². The molecule has 0 fully saturated rings. The molecule has 0 aliphatic heterocycles. The second-order valence-corrected chi connectivity index (χ2v) is 3.81. The zero-order chi connectivity index (χ0) is 7.98. The highest BCUT2D eigenvalue weighted by molar-refractivity contribution is 9.09. The first-order chi connectivity index (χ1) is 4.66. The van der Waals surface area contributed by atoms with Crippen molar-refractivity contribution < 1.29 is 9.53 Å². The lowest BCUT2D eigenvalue weighted by molar-refractivity contribution is -0.140. The molecule has 0 saturated carbocycles. The summed E-state index contributed by atoms with van der Waals surface area (Å²) in [4.78, 5) is 11.1. The van der Waals surface area contributed by atoms with Gasteiger partial charge in [-0.15, -0.1) is 0 Å². The number of halogens is 1. The molecule has 0 saturated heterocycles. The number of alkyl halides is 1. The van der Waals surface area contributed by atoms with Crippen LogP contribution in [0.1, 0.15) is 26.2 Å². The lowest BCUT2D eigenvalue weighted by Gasteiger charge is -2.00. The molecular formula is C7H13BrO2. The molecule has 1 atom stereocenters. The van der Waals surface area contributed by atoms with E-state index in [1.807, 2.05) is 0 Å². The predicted octanol–water partition coefficient (Wildman–Crippen LogP) is 2.11. The van der Waals surface area contributed by atoms with Crippen LogP contribution in [0.3, 0.4) is 0 Å². The van der Waals surface area contributed by atoms with E-state index in [-0.39, 0.29) is 5.97 Å². The van der Waals surface area contributed by atoms with Crippen molar-refractivity contribution in [3.8, 4) is 0 Å². The molecule has 0 N–H and O–H groups in total. The first kappa shape index (κ1) is 9.95. The fraction of sp³-hybridized carbons (Fsp3) is 0.857. The normalized spacial score (nSPS) is 12.7. The molecule has 0 rings (SSSR count). The van der Waals surface area contributed by atoms with Crippen molar-refractivity contribution >= 4 is 21.9 Å². The molecule has 3 heteroatoms. The van der Waals surface area contributed by atoms with Gasteiger partial charge in [-0.25, -0.2) is 0 Å². The minimum absolute atomic E-state index is 0.117. The lowest BCUT2D eigenvalue weighted by Crippen LogP contribution is -2.00. The minimum atomic E-state index is -0.117. The fourth-order valence-electron chi connectivity index (χ4n) is 0.630. The molecule has 0 amide bonds. The van der Waals surface area contributed by atoms with Gasteiger partial charge in [-0.05, 0) is 12.8 Å². The third-order valence-corrected chi connectivity index (χ3v) is 1.67. The molecule has 0 bridgehead atoms. The van der Waals surface area contributed by atoms with Crippen molar-refractivity contribution in [2.24, 2.45) is 0 Å². The molecule has 1 unspecified atom stereocenters. The summed E-state index contributed by atoms with van der Waals surface area (Å²) in [5, 5.41) is 0. The highest BCUT2D eigenvalue weighted by Gasteiger charge is 2.00. The van der Waals surface area contributed by atoms with E-state index >= 15 is 0 Å². The van der Waals surface area contributed by atoms with E-state index in [4.69, 9.17) is 0 Å². The molecule has 0 radical (unpaired) electrons. The van der Waals surface area contributed by atoms with E-state index in [2.05, 4.69) is 27.6 Å². The van der Waals surface area contributed by atoms with Crippen LogP contribution in [0, 0.1) is 0 Å². The summed E-state index contributed by atoms with van der Waals surface area (Å²) in [7, 11) is 1.42. The van der Waals surface area contributed by atoms with Crippen LogP contribution in [0.4, 0.5) is 0 Å². The Morgan fingerprint density at radius 3 is 2.70 bits per heavy atom. The molecular weight excluding hydrogens is 196 g/mol. The molecule has 0 aliphatic rings. The Labute approximate surface area is 70.1 Å². The Kier molecular flexibility index (Phi) is 5.69. The number of hydrogen-bond donors (Lipinski definition) is 0. The lowest BCUT2D eigenvalue weighted by atomic mass is 10.2. The molecule has 0 heterocycles. The third-order valence-electron chi connectivity index (χ3n) is 1.21. The number of rotatable bonds is 4. The Morgan fingerprint density at radius 2 is 2.30 bits per heavy atom.